The zero-order chi connectivity index (χ0) is 15.5. The summed E-state index contributed by atoms with van der Waals surface area (Å²) in [4.78, 5) is 16.5. The van der Waals surface area contributed by atoms with E-state index in [9.17, 15) is 4.79 Å². The molecule has 112 valence electrons. The molecule has 0 saturated heterocycles. The van der Waals surface area contributed by atoms with Crippen molar-refractivity contribution in [3.05, 3.63) is 52.6 Å². The van der Waals surface area contributed by atoms with E-state index < -0.39 is 0 Å². The number of amides is 1. The Kier molecular flexibility index (Phi) is 4.22. The van der Waals surface area contributed by atoms with Crippen LogP contribution < -0.4 is 5.32 Å². The maximum Gasteiger partial charge on any atom is 0.231 e. The van der Waals surface area contributed by atoms with E-state index in [2.05, 4.69) is 15.4 Å². The topological polar surface area (TPSA) is 59.8 Å². The van der Waals surface area contributed by atoms with Gasteiger partial charge >= 0.3 is 0 Å². The van der Waals surface area contributed by atoms with E-state index in [1.54, 1.807) is 24.0 Å². The molecule has 22 heavy (non-hydrogen) atoms. The highest BCUT2D eigenvalue weighted by Crippen LogP contribution is 2.26. The predicted octanol–water partition coefficient (Wildman–Crippen LogP) is 3.38. The first-order valence-electron chi connectivity index (χ1n) is 6.60. The smallest absolute Gasteiger partial charge is 0.231 e. The van der Waals surface area contributed by atoms with Gasteiger partial charge in [0.05, 0.1) is 12.1 Å². The van der Waals surface area contributed by atoms with Gasteiger partial charge in [0.2, 0.25) is 5.91 Å². The molecule has 0 aliphatic rings. The molecule has 1 aromatic carbocycles. The van der Waals surface area contributed by atoms with E-state index in [0.29, 0.717) is 10.8 Å². The normalized spacial score (nSPS) is 10.6. The van der Waals surface area contributed by atoms with Crippen LogP contribution in [0.2, 0.25) is 5.02 Å². The first-order valence-corrected chi connectivity index (χ1v) is 7.86. The average Bonchev–Trinajstić information content (AvgIpc) is 3.08. The second kappa shape index (κ2) is 6.29. The summed E-state index contributed by atoms with van der Waals surface area (Å²) in [7, 11) is 1.80. The number of nitrogens with zero attached hydrogens (tertiary/aromatic N) is 3. The Balaban J connectivity index is 1.67. The highest BCUT2D eigenvalue weighted by Gasteiger charge is 2.10. The predicted molar refractivity (Wildman–Crippen MR) is 88.1 cm³/mol. The lowest BCUT2D eigenvalue weighted by atomic mass is 10.2. The van der Waals surface area contributed by atoms with Crippen molar-refractivity contribution in [1.82, 2.24) is 14.8 Å². The Morgan fingerprint density at radius 2 is 2.27 bits per heavy atom. The molecular weight excluding hydrogens is 320 g/mol. The van der Waals surface area contributed by atoms with E-state index in [0.717, 1.165) is 16.3 Å². The van der Waals surface area contributed by atoms with Crippen LogP contribution in [0.25, 0.3) is 10.6 Å². The van der Waals surface area contributed by atoms with E-state index >= 15 is 0 Å². The van der Waals surface area contributed by atoms with Gasteiger partial charge in [-0.05, 0) is 12.1 Å². The minimum Gasteiger partial charge on any atom is -0.309 e. The molecule has 0 aliphatic heterocycles. The van der Waals surface area contributed by atoms with Crippen LogP contribution in [-0.4, -0.2) is 20.7 Å². The van der Waals surface area contributed by atoms with Crippen LogP contribution in [0.4, 0.5) is 5.82 Å². The van der Waals surface area contributed by atoms with Crippen LogP contribution in [0.3, 0.4) is 0 Å². The fourth-order valence-electron chi connectivity index (χ4n) is 1.98. The van der Waals surface area contributed by atoms with Gasteiger partial charge < -0.3 is 5.32 Å². The molecule has 0 fully saturated rings. The zero-order valence-electron chi connectivity index (χ0n) is 11.8. The molecule has 0 atom stereocenters. The van der Waals surface area contributed by atoms with Crippen molar-refractivity contribution in [3.8, 4) is 10.6 Å². The molecule has 0 radical (unpaired) electrons. The molecule has 1 N–H and O–H groups in total. The molecule has 0 saturated carbocycles. The fourth-order valence-corrected chi connectivity index (χ4v) is 2.98. The van der Waals surface area contributed by atoms with Gasteiger partial charge in [0.1, 0.15) is 5.01 Å². The number of carbonyl (C=O) groups excluding carboxylic acids is 1. The Hall–Kier alpha value is -2.18. The number of aryl methyl sites for hydroxylation is 1. The summed E-state index contributed by atoms with van der Waals surface area (Å²) in [5.74, 6) is 0.402. The minimum atomic E-state index is -0.137. The first-order chi connectivity index (χ1) is 10.6. The standard InChI is InChI=1S/C15H13ClN4OS/c1-20-6-5-13(19-20)18-14(21)8-12-9-22-15(17-12)10-3-2-4-11(16)7-10/h2-7,9H,8H2,1H3,(H,18,19,21). The molecule has 0 aliphatic carbocycles. The van der Waals surface area contributed by atoms with Crippen molar-refractivity contribution in [1.29, 1.82) is 0 Å². The average molecular weight is 333 g/mol. The maximum absolute atomic E-state index is 12.0. The number of rotatable bonds is 4. The first kappa shape index (κ1) is 14.7. The summed E-state index contributed by atoms with van der Waals surface area (Å²) in [6, 6.07) is 9.25. The summed E-state index contributed by atoms with van der Waals surface area (Å²) in [5.41, 5.74) is 1.68. The Bertz CT molecular complexity index is 811. The van der Waals surface area contributed by atoms with Crippen molar-refractivity contribution in [2.75, 3.05) is 5.32 Å². The summed E-state index contributed by atoms with van der Waals surface area (Å²) in [5, 5.41) is 10.3. The lowest BCUT2D eigenvalue weighted by molar-refractivity contribution is -0.115. The zero-order valence-corrected chi connectivity index (χ0v) is 13.4. The van der Waals surface area contributed by atoms with Crippen molar-refractivity contribution >= 4 is 34.7 Å². The quantitative estimate of drug-likeness (QED) is 0.796. The number of hydrogen-bond acceptors (Lipinski definition) is 4. The largest absolute Gasteiger partial charge is 0.309 e. The minimum absolute atomic E-state index is 0.137. The van der Waals surface area contributed by atoms with Crippen molar-refractivity contribution < 1.29 is 4.79 Å². The van der Waals surface area contributed by atoms with E-state index in [4.69, 9.17) is 11.6 Å². The van der Waals surface area contributed by atoms with Gasteiger partial charge in [0.15, 0.2) is 5.82 Å². The third-order valence-corrected chi connectivity index (χ3v) is 4.12. The van der Waals surface area contributed by atoms with Gasteiger partial charge in [-0.3, -0.25) is 9.48 Å². The maximum atomic E-state index is 12.0. The van der Waals surface area contributed by atoms with Gasteiger partial charge in [-0.25, -0.2) is 4.98 Å². The lowest BCUT2D eigenvalue weighted by Crippen LogP contribution is -2.15. The summed E-state index contributed by atoms with van der Waals surface area (Å²) >= 11 is 7.48. The number of hydrogen-bond donors (Lipinski definition) is 1. The highest BCUT2D eigenvalue weighted by molar-refractivity contribution is 7.13. The van der Waals surface area contributed by atoms with Crippen molar-refractivity contribution in [2.24, 2.45) is 7.05 Å². The summed E-state index contributed by atoms with van der Waals surface area (Å²) in [6.45, 7) is 0. The van der Waals surface area contributed by atoms with Crippen LogP contribution in [0.5, 0.6) is 0 Å². The third-order valence-electron chi connectivity index (χ3n) is 2.95. The van der Waals surface area contributed by atoms with Crippen LogP contribution in [0, 0.1) is 0 Å². The number of carbonyl (C=O) groups is 1. The third kappa shape index (κ3) is 3.52. The van der Waals surface area contributed by atoms with Crippen LogP contribution in [0.1, 0.15) is 5.69 Å². The molecule has 0 unspecified atom stereocenters. The number of thiazole rings is 1. The molecule has 0 spiro atoms. The summed E-state index contributed by atoms with van der Waals surface area (Å²) in [6.07, 6.45) is 1.99. The van der Waals surface area contributed by atoms with Gasteiger partial charge in [-0.15, -0.1) is 11.3 Å². The number of aromatic nitrogens is 3. The monoisotopic (exact) mass is 332 g/mol. The molecule has 0 bridgehead atoms. The number of anilines is 1. The van der Waals surface area contributed by atoms with E-state index in [-0.39, 0.29) is 12.3 Å². The lowest BCUT2D eigenvalue weighted by Gasteiger charge is -1.99. The molecule has 2 heterocycles. The molecule has 5 nitrogen and oxygen atoms in total. The Labute approximate surface area is 136 Å². The van der Waals surface area contributed by atoms with Crippen LogP contribution in [-0.2, 0) is 18.3 Å². The van der Waals surface area contributed by atoms with Gasteiger partial charge in [0.25, 0.3) is 0 Å². The molecule has 7 heteroatoms. The number of benzene rings is 1. The van der Waals surface area contributed by atoms with E-state index in [1.807, 2.05) is 29.6 Å². The van der Waals surface area contributed by atoms with Crippen LogP contribution >= 0.6 is 22.9 Å². The van der Waals surface area contributed by atoms with Gasteiger partial charge in [-0.2, -0.15) is 5.10 Å². The summed E-state index contributed by atoms with van der Waals surface area (Å²) < 4.78 is 1.63. The fraction of sp³-hybridized carbons (Fsp3) is 0.133. The SMILES string of the molecule is Cn1ccc(NC(=O)Cc2csc(-c3cccc(Cl)c3)n2)n1. The second-order valence-corrected chi connectivity index (χ2v) is 6.05. The van der Waals surface area contributed by atoms with Gasteiger partial charge in [0, 0.05) is 35.3 Å². The Morgan fingerprint density at radius 1 is 1.41 bits per heavy atom. The molecule has 3 rings (SSSR count). The van der Waals surface area contributed by atoms with E-state index in [1.165, 1.54) is 11.3 Å². The van der Waals surface area contributed by atoms with Crippen LogP contribution in [0.15, 0.2) is 41.9 Å². The molecule has 2 aromatic heterocycles. The van der Waals surface area contributed by atoms with Crippen molar-refractivity contribution in [3.63, 3.8) is 0 Å². The van der Waals surface area contributed by atoms with Crippen molar-refractivity contribution in [2.45, 2.75) is 6.42 Å². The Morgan fingerprint density at radius 3 is 3.00 bits per heavy atom. The number of halogens is 1. The van der Waals surface area contributed by atoms with Gasteiger partial charge in [-0.1, -0.05) is 23.7 Å². The number of nitrogens with one attached hydrogen (secondary N) is 1. The molecular formula is C15H13ClN4OS. The molecule has 3 aromatic rings. The highest BCUT2D eigenvalue weighted by atomic mass is 35.5. The molecule has 1 amide bonds. The second-order valence-electron chi connectivity index (χ2n) is 4.75.